The van der Waals surface area contributed by atoms with Crippen molar-refractivity contribution in [2.24, 2.45) is 16.9 Å². The van der Waals surface area contributed by atoms with Crippen molar-refractivity contribution < 1.29 is 22.7 Å². The largest absolute Gasteiger partial charge is 0.460 e. The van der Waals surface area contributed by atoms with Gasteiger partial charge in [0.1, 0.15) is 0 Å². The predicted molar refractivity (Wildman–Crippen MR) is 137 cm³/mol. The van der Waals surface area contributed by atoms with E-state index in [-0.39, 0.29) is 17.0 Å². The third kappa shape index (κ3) is 7.78. The molecule has 204 valence electrons. The summed E-state index contributed by atoms with van der Waals surface area (Å²) < 4.78 is 42.1. The van der Waals surface area contributed by atoms with Crippen molar-refractivity contribution in [2.75, 3.05) is 46.9 Å². The van der Waals surface area contributed by atoms with Crippen LogP contribution in [-0.4, -0.2) is 84.6 Å². The summed E-state index contributed by atoms with van der Waals surface area (Å²) in [5, 5.41) is 8.33. The Bertz CT molecular complexity index is 1040. The summed E-state index contributed by atoms with van der Waals surface area (Å²) in [4.78, 5) is 20.5. The van der Waals surface area contributed by atoms with Crippen LogP contribution in [0.3, 0.4) is 0 Å². The molecule has 0 unspecified atom stereocenters. The lowest BCUT2D eigenvalue weighted by Crippen LogP contribution is -2.48. The fraction of sp³-hybridized carbons (Fsp3) is 0.640. The van der Waals surface area contributed by atoms with Gasteiger partial charge in [0.2, 0.25) is 0 Å². The van der Waals surface area contributed by atoms with Gasteiger partial charge in [0.05, 0.1) is 11.4 Å². The average Bonchev–Trinajstić information content (AvgIpc) is 3.25. The van der Waals surface area contributed by atoms with Crippen molar-refractivity contribution in [3.8, 4) is 5.19 Å². The number of carbonyl (C=O) groups is 1. The smallest absolute Gasteiger partial charge is 0.422 e. The number of alkyl halides is 3. The van der Waals surface area contributed by atoms with E-state index >= 15 is 0 Å². The van der Waals surface area contributed by atoms with Crippen LogP contribution in [0.4, 0.5) is 13.2 Å². The van der Waals surface area contributed by atoms with Crippen LogP contribution in [0.25, 0.3) is 0 Å². The number of nitrogens with zero attached hydrogens (tertiary/aromatic N) is 5. The van der Waals surface area contributed by atoms with Crippen molar-refractivity contribution in [1.82, 2.24) is 25.3 Å². The van der Waals surface area contributed by atoms with Gasteiger partial charge in [0.15, 0.2) is 6.61 Å². The summed E-state index contributed by atoms with van der Waals surface area (Å²) >= 11 is 1.23. The molecule has 4 rings (SSSR count). The number of amides is 1. The molecule has 37 heavy (non-hydrogen) atoms. The monoisotopic (exact) mass is 540 g/mol. The molecule has 0 saturated carbocycles. The van der Waals surface area contributed by atoms with Crippen molar-refractivity contribution in [1.29, 1.82) is 0 Å². The standard InChI is InChI=1S/C25H35F3N6O2S/c1-17-19(5-4-6-20(17)30-32(2)3)23(35)31-34-13-8-18(9-14-34)7-11-33-12-10-22-21(15-33)29-24(37-22)36-16-25(26,27)28/h4-6,17-18H,7-16H2,1-3H3,(H,31,35)/b30-20-/t17-/m0/s1. The van der Waals surface area contributed by atoms with E-state index in [0.29, 0.717) is 18.0 Å². The Kier molecular flexibility index (Phi) is 8.91. The van der Waals surface area contributed by atoms with Gasteiger partial charge in [-0.3, -0.25) is 15.1 Å². The Balaban J connectivity index is 1.18. The maximum absolute atomic E-state index is 12.9. The molecule has 3 aliphatic rings. The molecule has 1 N–H and O–H groups in total. The molecular weight excluding hydrogens is 505 g/mol. The lowest BCUT2D eigenvalue weighted by atomic mass is 9.91. The van der Waals surface area contributed by atoms with E-state index in [9.17, 15) is 18.0 Å². The van der Waals surface area contributed by atoms with Crippen molar-refractivity contribution in [3.63, 3.8) is 0 Å². The molecule has 1 saturated heterocycles. The van der Waals surface area contributed by atoms with Gasteiger partial charge in [0, 0.05) is 56.6 Å². The first kappa shape index (κ1) is 27.6. The number of thiazole rings is 1. The van der Waals surface area contributed by atoms with Gasteiger partial charge < -0.3 is 9.75 Å². The number of piperidine rings is 1. The van der Waals surface area contributed by atoms with Gasteiger partial charge in [-0.25, -0.2) is 9.99 Å². The third-order valence-corrected chi connectivity index (χ3v) is 7.97. The molecule has 1 aromatic rings. The molecule has 1 aliphatic carbocycles. The fourth-order valence-corrected chi connectivity index (χ4v) is 5.76. The van der Waals surface area contributed by atoms with Crippen molar-refractivity contribution >= 4 is 23.0 Å². The van der Waals surface area contributed by atoms with E-state index in [4.69, 9.17) is 4.74 Å². The van der Waals surface area contributed by atoms with Crippen LogP contribution >= 0.6 is 11.3 Å². The quantitative estimate of drug-likeness (QED) is 0.508. The van der Waals surface area contributed by atoms with E-state index in [1.807, 2.05) is 44.3 Å². The number of carbonyl (C=O) groups excluding carboxylic acids is 1. The van der Waals surface area contributed by atoms with E-state index in [2.05, 4.69) is 20.4 Å². The van der Waals surface area contributed by atoms with Gasteiger partial charge in [0.25, 0.3) is 11.1 Å². The minimum absolute atomic E-state index is 0.0694. The number of rotatable bonds is 8. The Morgan fingerprint density at radius 1 is 1.30 bits per heavy atom. The first-order valence-electron chi connectivity index (χ1n) is 12.7. The number of halogens is 3. The number of hydrazone groups is 1. The summed E-state index contributed by atoms with van der Waals surface area (Å²) in [6.45, 7) is 4.76. The zero-order valence-corrected chi connectivity index (χ0v) is 22.4. The molecule has 1 fully saturated rings. The SMILES string of the molecule is C[C@H]1C(C(=O)NN2CCC(CCN3CCc4sc(OCC(F)(F)F)nc4C3)CC2)=CC=C/C1=N/N(C)C. The number of allylic oxidation sites excluding steroid dienone is 3. The minimum Gasteiger partial charge on any atom is -0.460 e. The van der Waals surface area contributed by atoms with Gasteiger partial charge in [-0.05, 0) is 44.2 Å². The van der Waals surface area contributed by atoms with Crippen LogP contribution in [0.15, 0.2) is 28.9 Å². The molecule has 0 spiro atoms. The first-order chi connectivity index (χ1) is 17.6. The topological polar surface area (TPSA) is 73.3 Å². The Morgan fingerprint density at radius 3 is 2.76 bits per heavy atom. The number of fused-ring (bicyclic) bond motifs is 1. The summed E-state index contributed by atoms with van der Waals surface area (Å²) in [6, 6.07) is 0. The Labute approximate surface area is 219 Å². The Morgan fingerprint density at radius 2 is 2.05 bits per heavy atom. The second kappa shape index (κ2) is 12.0. The van der Waals surface area contributed by atoms with Gasteiger partial charge in [-0.15, -0.1) is 0 Å². The van der Waals surface area contributed by atoms with E-state index in [1.165, 1.54) is 11.3 Å². The maximum atomic E-state index is 12.9. The lowest BCUT2D eigenvalue weighted by Gasteiger charge is -2.34. The van der Waals surface area contributed by atoms with Crippen LogP contribution in [0, 0.1) is 11.8 Å². The molecule has 8 nitrogen and oxygen atoms in total. The number of nitrogens with one attached hydrogen (secondary N) is 1. The summed E-state index contributed by atoms with van der Waals surface area (Å²) in [6.07, 6.45) is 5.16. The molecule has 0 aromatic carbocycles. The molecular formula is C25H35F3N6O2S. The van der Waals surface area contributed by atoms with Crippen LogP contribution in [0.2, 0.25) is 0 Å². The van der Waals surface area contributed by atoms with E-state index in [0.717, 1.165) is 68.1 Å². The zero-order valence-electron chi connectivity index (χ0n) is 21.6. The number of hydrogen-bond donors (Lipinski definition) is 1. The number of hydrogen-bond acceptors (Lipinski definition) is 8. The molecule has 3 heterocycles. The molecule has 0 radical (unpaired) electrons. The number of aromatic nitrogens is 1. The molecule has 1 aromatic heterocycles. The maximum Gasteiger partial charge on any atom is 0.422 e. The fourth-order valence-electron chi connectivity index (χ4n) is 4.85. The number of ether oxygens (including phenoxy) is 1. The highest BCUT2D eigenvalue weighted by Crippen LogP contribution is 2.31. The van der Waals surface area contributed by atoms with Gasteiger partial charge in [-0.2, -0.15) is 18.3 Å². The van der Waals surface area contributed by atoms with Crippen LogP contribution in [-0.2, 0) is 17.8 Å². The highest BCUT2D eigenvalue weighted by atomic mass is 32.1. The minimum atomic E-state index is -4.36. The molecule has 1 atom stereocenters. The van der Waals surface area contributed by atoms with Crippen molar-refractivity contribution in [3.05, 3.63) is 34.4 Å². The average molecular weight is 541 g/mol. The molecule has 2 aliphatic heterocycles. The summed E-state index contributed by atoms with van der Waals surface area (Å²) in [5.74, 6) is 0.429. The second-order valence-corrected chi connectivity index (χ2v) is 11.1. The lowest BCUT2D eigenvalue weighted by molar-refractivity contribution is -0.153. The van der Waals surface area contributed by atoms with E-state index in [1.54, 1.807) is 5.01 Å². The van der Waals surface area contributed by atoms with Crippen LogP contribution < -0.4 is 10.2 Å². The second-order valence-electron chi connectivity index (χ2n) is 10.0. The van der Waals surface area contributed by atoms with Crippen LogP contribution in [0.1, 0.15) is 36.8 Å². The van der Waals surface area contributed by atoms with Gasteiger partial charge >= 0.3 is 6.18 Å². The summed E-state index contributed by atoms with van der Waals surface area (Å²) in [5.41, 5.74) is 5.49. The van der Waals surface area contributed by atoms with Gasteiger partial charge in [-0.1, -0.05) is 30.4 Å². The number of hydrazine groups is 1. The zero-order chi connectivity index (χ0) is 26.6. The summed E-state index contributed by atoms with van der Waals surface area (Å²) in [7, 11) is 3.73. The normalized spacial score (nSPS) is 22.6. The van der Waals surface area contributed by atoms with Crippen LogP contribution in [0.5, 0.6) is 5.19 Å². The van der Waals surface area contributed by atoms with Crippen molar-refractivity contribution in [2.45, 2.75) is 45.3 Å². The third-order valence-electron chi connectivity index (χ3n) is 6.90. The molecule has 1 amide bonds. The predicted octanol–water partition coefficient (Wildman–Crippen LogP) is 3.63. The first-order valence-corrected chi connectivity index (χ1v) is 13.5. The highest BCUT2D eigenvalue weighted by Gasteiger charge is 2.30. The highest BCUT2D eigenvalue weighted by molar-refractivity contribution is 7.13. The molecule has 0 bridgehead atoms. The molecule has 12 heteroatoms. The van der Waals surface area contributed by atoms with E-state index < -0.39 is 12.8 Å². The Hall–Kier alpha value is -2.44.